The SMILES string of the molecule is CCNCC(C)Oc1cccc2c1OC(C)(C)C2. The molecule has 0 radical (unpaired) electrons. The maximum atomic E-state index is 5.99. The molecule has 2 rings (SSSR count). The van der Waals surface area contributed by atoms with Crippen LogP contribution in [0.1, 0.15) is 33.3 Å². The van der Waals surface area contributed by atoms with Gasteiger partial charge in [0.2, 0.25) is 0 Å². The van der Waals surface area contributed by atoms with Crippen LogP contribution in [0.5, 0.6) is 11.5 Å². The fourth-order valence-electron chi connectivity index (χ4n) is 2.29. The number of likely N-dealkylation sites (N-methyl/N-ethyl adjacent to an activating group) is 1. The molecule has 0 fully saturated rings. The maximum Gasteiger partial charge on any atom is 0.165 e. The van der Waals surface area contributed by atoms with Gasteiger partial charge in [0.25, 0.3) is 0 Å². The molecule has 1 N–H and O–H groups in total. The van der Waals surface area contributed by atoms with Gasteiger partial charge < -0.3 is 14.8 Å². The van der Waals surface area contributed by atoms with E-state index >= 15 is 0 Å². The Morgan fingerprint density at radius 2 is 2.22 bits per heavy atom. The van der Waals surface area contributed by atoms with Gasteiger partial charge in [-0.3, -0.25) is 0 Å². The van der Waals surface area contributed by atoms with Gasteiger partial charge in [-0.25, -0.2) is 0 Å². The number of nitrogens with one attached hydrogen (secondary N) is 1. The maximum absolute atomic E-state index is 5.99. The summed E-state index contributed by atoms with van der Waals surface area (Å²) in [4.78, 5) is 0. The Labute approximate surface area is 109 Å². The highest BCUT2D eigenvalue weighted by Gasteiger charge is 2.32. The molecule has 1 heterocycles. The van der Waals surface area contributed by atoms with Crippen molar-refractivity contribution in [1.29, 1.82) is 0 Å². The third kappa shape index (κ3) is 2.96. The summed E-state index contributed by atoms with van der Waals surface area (Å²) < 4.78 is 12.0. The second-order valence-electron chi connectivity index (χ2n) is 5.52. The molecule has 1 aromatic carbocycles. The number of hydrogen-bond donors (Lipinski definition) is 1. The van der Waals surface area contributed by atoms with Crippen LogP contribution in [-0.2, 0) is 6.42 Å². The molecule has 0 saturated carbocycles. The average molecular weight is 249 g/mol. The molecule has 0 amide bonds. The van der Waals surface area contributed by atoms with E-state index in [1.807, 2.05) is 12.1 Å². The molecule has 0 aliphatic carbocycles. The van der Waals surface area contributed by atoms with E-state index in [0.29, 0.717) is 0 Å². The number of hydrogen-bond acceptors (Lipinski definition) is 3. The van der Waals surface area contributed by atoms with E-state index in [0.717, 1.165) is 31.0 Å². The summed E-state index contributed by atoms with van der Waals surface area (Å²) in [5.41, 5.74) is 1.13. The Balaban J connectivity index is 2.09. The van der Waals surface area contributed by atoms with E-state index in [1.54, 1.807) is 0 Å². The van der Waals surface area contributed by atoms with Crippen molar-refractivity contribution in [3.8, 4) is 11.5 Å². The summed E-state index contributed by atoms with van der Waals surface area (Å²) >= 11 is 0. The minimum absolute atomic E-state index is 0.118. The topological polar surface area (TPSA) is 30.5 Å². The Hall–Kier alpha value is -1.22. The van der Waals surface area contributed by atoms with Crippen molar-refractivity contribution in [1.82, 2.24) is 5.32 Å². The lowest BCUT2D eigenvalue weighted by Gasteiger charge is -2.20. The number of rotatable bonds is 5. The largest absolute Gasteiger partial charge is 0.485 e. The van der Waals surface area contributed by atoms with Crippen molar-refractivity contribution >= 4 is 0 Å². The highest BCUT2D eigenvalue weighted by molar-refractivity contribution is 5.50. The molecule has 1 aliphatic rings. The van der Waals surface area contributed by atoms with Crippen LogP contribution in [0.15, 0.2) is 18.2 Å². The van der Waals surface area contributed by atoms with Crippen LogP contribution in [0, 0.1) is 0 Å². The third-order valence-electron chi connectivity index (χ3n) is 3.06. The molecule has 1 atom stereocenters. The molecule has 1 unspecified atom stereocenters. The first-order valence-electron chi connectivity index (χ1n) is 6.70. The van der Waals surface area contributed by atoms with Crippen LogP contribution < -0.4 is 14.8 Å². The van der Waals surface area contributed by atoms with Crippen molar-refractivity contribution in [2.24, 2.45) is 0 Å². The molecule has 18 heavy (non-hydrogen) atoms. The van der Waals surface area contributed by atoms with Crippen molar-refractivity contribution in [2.45, 2.75) is 45.8 Å². The zero-order chi connectivity index (χ0) is 13.2. The summed E-state index contributed by atoms with van der Waals surface area (Å²) in [6.45, 7) is 10.2. The fourth-order valence-corrected chi connectivity index (χ4v) is 2.29. The molecular formula is C15H23NO2. The van der Waals surface area contributed by atoms with Crippen LogP contribution in [0.2, 0.25) is 0 Å². The van der Waals surface area contributed by atoms with E-state index < -0.39 is 0 Å². The first kappa shape index (κ1) is 13.2. The molecular weight excluding hydrogens is 226 g/mol. The van der Waals surface area contributed by atoms with Crippen molar-refractivity contribution in [2.75, 3.05) is 13.1 Å². The average Bonchev–Trinajstić information content (AvgIpc) is 2.62. The second-order valence-corrected chi connectivity index (χ2v) is 5.52. The minimum atomic E-state index is -0.118. The molecule has 0 bridgehead atoms. The van der Waals surface area contributed by atoms with E-state index in [4.69, 9.17) is 9.47 Å². The molecule has 100 valence electrons. The normalized spacial score (nSPS) is 18.0. The number of ether oxygens (including phenoxy) is 2. The standard InChI is InChI=1S/C15H23NO2/c1-5-16-10-11(2)17-13-8-6-7-12-9-15(3,4)18-14(12)13/h6-8,11,16H,5,9-10H2,1-4H3. The Morgan fingerprint density at radius 3 is 2.94 bits per heavy atom. The molecule has 0 saturated heterocycles. The summed E-state index contributed by atoms with van der Waals surface area (Å²) in [6.07, 6.45) is 1.09. The van der Waals surface area contributed by atoms with Gasteiger partial charge in [-0.15, -0.1) is 0 Å². The Morgan fingerprint density at radius 1 is 1.44 bits per heavy atom. The number of fused-ring (bicyclic) bond motifs is 1. The van der Waals surface area contributed by atoms with Gasteiger partial charge in [-0.1, -0.05) is 19.1 Å². The van der Waals surface area contributed by atoms with Crippen LogP contribution in [0.25, 0.3) is 0 Å². The second kappa shape index (κ2) is 5.19. The van der Waals surface area contributed by atoms with Gasteiger partial charge in [0.1, 0.15) is 11.7 Å². The highest BCUT2D eigenvalue weighted by atomic mass is 16.5. The van der Waals surface area contributed by atoms with Crippen molar-refractivity contribution < 1.29 is 9.47 Å². The zero-order valence-electron chi connectivity index (χ0n) is 11.7. The van der Waals surface area contributed by atoms with E-state index in [2.05, 4.69) is 39.1 Å². The lowest BCUT2D eigenvalue weighted by atomic mass is 10.0. The summed E-state index contributed by atoms with van der Waals surface area (Å²) in [5, 5.41) is 3.29. The first-order chi connectivity index (χ1) is 8.52. The summed E-state index contributed by atoms with van der Waals surface area (Å²) in [5.74, 6) is 1.79. The van der Waals surface area contributed by atoms with Crippen LogP contribution in [0.4, 0.5) is 0 Å². The van der Waals surface area contributed by atoms with Gasteiger partial charge >= 0.3 is 0 Å². The molecule has 1 aliphatic heterocycles. The van der Waals surface area contributed by atoms with E-state index in [-0.39, 0.29) is 11.7 Å². The quantitative estimate of drug-likeness (QED) is 0.870. The lowest BCUT2D eigenvalue weighted by Crippen LogP contribution is -2.29. The Bertz CT molecular complexity index is 415. The summed E-state index contributed by atoms with van der Waals surface area (Å²) in [7, 11) is 0. The van der Waals surface area contributed by atoms with Gasteiger partial charge in [-0.2, -0.15) is 0 Å². The molecule has 0 spiro atoms. The summed E-state index contributed by atoms with van der Waals surface area (Å²) in [6, 6.07) is 6.15. The van der Waals surface area contributed by atoms with Crippen LogP contribution in [-0.4, -0.2) is 24.8 Å². The van der Waals surface area contributed by atoms with Gasteiger partial charge in [0.15, 0.2) is 11.5 Å². The van der Waals surface area contributed by atoms with Crippen molar-refractivity contribution in [3.05, 3.63) is 23.8 Å². The molecule has 0 aromatic heterocycles. The predicted octanol–water partition coefficient (Wildman–Crippen LogP) is 2.78. The minimum Gasteiger partial charge on any atom is -0.485 e. The highest BCUT2D eigenvalue weighted by Crippen LogP contribution is 2.41. The van der Waals surface area contributed by atoms with Crippen LogP contribution >= 0.6 is 0 Å². The number of para-hydroxylation sites is 1. The van der Waals surface area contributed by atoms with Gasteiger partial charge in [0, 0.05) is 18.5 Å². The Kier molecular flexibility index (Phi) is 3.81. The van der Waals surface area contributed by atoms with Crippen LogP contribution in [0.3, 0.4) is 0 Å². The van der Waals surface area contributed by atoms with Gasteiger partial charge in [-0.05, 0) is 33.4 Å². The smallest absolute Gasteiger partial charge is 0.165 e. The lowest BCUT2D eigenvalue weighted by molar-refractivity contribution is 0.127. The van der Waals surface area contributed by atoms with E-state index in [9.17, 15) is 0 Å². The monoisotopic (exact) mass is 249 g/mol. The first-order valence-corrected chi connectivity index (χ1v) is 6.70. The predicted molar refractivity (Wildman–Crippen MR) is 73.5 cm³/mol. The third-order valence-corrected chi connectivity index (χ3v) is 3.06. The zero-order valence-corrected chi connectivity index (χ0v) is 11.7. The van der Waals surface area contributed by atoms with Gasteiger partial charge in [0.05, 0.1) is 0 Å². The molecule has 3 nitrogen and oxygen atoms in total. The fraction of sp³-hybridized carbons (Fsp3) is 0.600. The molecule has 3 heteroatoms. The van der Waals surface area contributed by atoms with Crippen molar-refractivity contribution in [3.63, 3.8) is 0 Å². The molecule has 1 aromatic rings. The number of benzene rings is 1. The van der Waals surface area contributed by atoms with E-state index in [1.165, 1.54) is 5.56 Å².